The van der Waals surface area contributed by atoms with Gasteiger partial charge in [-0.15, -0.1) is 0 Å². The first-order valence-corrected chi connectivity index (χ1v) is 9.55. The van der Waals surface area contributed by atoms with Gasteiger partial charge in [0.1, 0.15) is 5.82 Å². The summed E-state index contributed by atoms with van der Waals surface area (Å²) in [6.07, 6.45) is 1.04. The van der Waals surface area contributed by atoms with Gasteiger partial charge in [0.15, 0.2) is 16.4 Å². The zero-order chi connectivity index (χ0) is 19.3. The van der Waals surface area contributed by atoms with Crippen molar-refractivity contribution in [3.8, 4) is 0 Å². The Morgan fingerprint density at radius 2 is 1.77 bits per heavy atom. The molecular weight excluding hydrogens is 361 g/mol. The van der Waals surface area contributed by atoms with Gasteiger partial charge >= 0.3 is 5.97 Å². The van der Waals surface area contributed by atoms with Crippen LogP contribution < -0.4 is 5.32 Å². The van der Waals surface area contributed by atoms with Crippen LogP contribution in [0.15, 0.2) is 47.4 Å². The molecule has 0 saturated carbocycles. The third-order valence-corrected chi connectivity index (χ3v) is 4.70. The normalized spacial score (nSPS) is 11.0. The molecule has 0 unspecified atom stereocenters. The fraction of sp³-hybridized carbons (Fsp3) is 0.222. The van der Waals surface area contributed by atoms with Gasteiger partial charge < -0.3 is 10.1 Å². The molecule has 138 valence electrons. The lowest BCUT2D eigenvalue weighted by Crippen LogP contribution is -2.28. The number of hydrogen-bond acceptors (Lipinski definition) is 5. The van der Waals surface area contributed by atoms with Gasteiger partial charge in [-0.05, 0) is 42.3 Å². The molecule has 0 radical (unpaired) electrons. The van der Waals surface area contributed by atoms with Crippen LogP contribution in [0.3, 0.4) is 0 Å². The Morgan fingerprint density at radius 1 is 1.12 bits per heavy atom. The van der Waals surface area contributed by atoms with Crippen molar-refractivity contribution in [1.29, 1.82) is 0 Å². The second-order valence-electron chi connectivity index (χ2n) is 5.73. The van der Waals surface area contributed by atoms with Crippen molar-refractivity contribution in [1.82, 2.24) is 5.32 Å². The zero-order valence-electron chi connectivity index (χ0n) is 14.3. The van der Waals surface area contributed by atoms with Gasteiger partial charge in [-0.3, -0.25) is 4.79 Å². The molecule has 0 fully saturated rings. The van der Waals surface area contributed by atoms with Crippen molar-refractivity contribution in [3.05, 3.63) is 65.0 Å². The van der Waals surface area contributed by atoms with Crippen LogP contribution in [-0.4, -0.2) is 33.2 Å². The number of hydrogen-bond donors (Lipinski definition) is 1. The summed E-state index contributed by atoms with van der Waals surface area (Å²) in [7, 11) is -3.46. The number of nitrogens with one attached hydrogen (secondary N) is 1. The summed E-state index contributed by atoms with van der Waals surface area (Å²) in [4.78, 5) is 23.9. The molecule has 1 N–H and O–H groups in total. The lowest BCUT2D eigenvalue weighted by atomic mass is 10.1. The highest BCUT2D eigenvalue weighted by atomic mass is 32.2. The predicted octanol–water partition coefficient (Wildman–Crippen LogP) is 2.01. The summed E-state index contributed by atoms with van der Waals surface area (Å²) in [6, 6.07) is 9.74. The first kappa shape index (κ1) is 19.6. The first-order valence-electron chi connectivity index (χ1n) is 7.66. The van der Waals surface area contributed by atoms with E-state index >= 15 is 0 Å². The quantitative estimate of drug-likeness (QED) is 0.776. The molecule has 1 amide bonds. The predicted molar refractivity (Wildman–Crippen MR) is 92.8 cm³/mol. The third-order valence-electron chi connectivity index (χ3n) is 3.59. The fourth-order valence-corrected chi connectivity index (χ4v) is 2.76. The Kier molecular flexibility index (Phi) is 6.10. The molecule has 2 aromatic carbocycles. The van der Waals surface area contributed by atoms with E-state index in [1.54, 1.807) is 6.92 Å². The van der Waals surface area contributed by atoms with Gasteiger partial charge in [0, 0.05) is 12.8 Å². The van der Waals surface area contributed by atoms with Crippen LogP contribution in [0, 0.1) is 12.7 Å². The number of ether oxygens (including phenoxy) is 1. The maximum Gasteiger partial charge on any atom is 0.338 e. The Hall–Kier alpha value is -2.74. The Bertz CT molecular complexity index is 923. The van der Waals surface area contributed by atoms with E-state index in [9.17, 15) is 22.4 Å². The van der Waals surface area contributed by atoms with E-state index in [0.717, 1.165) is 6.26 Å². The molecular formula is C18H18FNO5S. The van der Waals surface area contributed by atoms with Crippen molar-refractivity contribution in [2.75, 3.05) is 12.9 Å². The van der Waals surface area contributed by atoms with Gasteiger partial charge in [0.25, 0.3) is 5.91 Å². The maximum absolute atomic E-state index is 12.8. The second-order valence-corrected chi connectivity index (χ2v) is 7.74. The number of aryl methyl sites for hydroxylation is 1. The van der Waals surface area contributed by atoms with Crippen LogP contribution in [0.25, 0.3) is 0 Å². The number of carbonyl (C=O) groups excluding carboxylic acids is 2. The number of rotatable bonds is 6. The van der Waals surface area contributed by atoms with Crippen LogP contribution >= 0.6 is 0 Å². The highest BCUT2D eigenvalue weighted by Crippen LogP contribution is 2.16. The van der Waals surface area contributed by atoms with E-state index in [0.29, 0.717) is 11.1 Å². The third kappa shape index (κ3) is 5.38. The number of benzene rings is 2. The second kappa shape index (κ2) is 8.09. The van der Waals surface area contributed by atoms with E-state index in [2.05, 4.69) is 5.32 Å². The Balaban J connectivity index is 1.93. The lowest BCUT2D eigenvalue weighted by Gasteiger charge is -2.09. The van der Waals surface area contributed by atoms with Gasteiger partial charge in [0.2, 0.25) is 0 Å². The van der Waals surface area contributed by atoms with E-state index in [1.165, 1.54) is 42.5 Å². The van der Waals surface area contributed by atoms with Gasteiger partial charge in [-0.2, -0.15) is 0 Å². The van der Waals surface area contributed by atoms with Crippen LogP contribution in [0.1, 0.15) is 21.5 Å². The molecule has 0 aliphatic carbocycles. The molecule has 0 saturated heterocycles. The molecule has 0 heterocycles. The smallest absolute Gasteiger partial charge is 0.338 e. The summed E-state index contributed by atoms with van der Waals surface area (Å²) in [6.45, 7) is 1.29. The average Bonchev–Trinajstić information content (AvgIpc) is 2.58. The topological polar surface area (TPSA) is 89.5 Å². The Morgan fingerprint density at radius 3 is 2.38 bits per heavy atom. The van der Waals surface area contributed by atoms with Crippen LogP contribution in [-0.2, 0) is 25.9 Å². The molecule has 0 aliphatic heterocycles. The maximum atomic E-state index is 12.8. The Labute approximate surface area is 150 Å². The van der Waals surface area contributed by atoms with Crippen molar-refractivity contribution >= 4 is 21.7 Å². The molecule has 2 aromatic rings. The van der Waals surface area contributed by atoms with Crippen molar-refractivity contribution in [2.24, 2.45) is 0 Å². The van der Waals surface area contributed by atoms with Crippen LogP contribution in [0.5, 0.6) is 0 Å². The summed E-state index contributed by atoms with van der Waals surface area (Å²) < 4.78 is 40.9. The largest absolute Gasteiger partial charge is 0.452 e. The molecule has 0 aliphatic rings. The first-order chi connectivity index (χ1) is 12.2. The average molecular weight is 379 g/mol. The summed E-state index contributed by atoms with van der Waals surface area (Å²) in [5, 5.41) is 2.54. The highest BCUT2D eigenvalue weighted by Gasteiger charge is 2.16. The number of esters is 1. The van der Waals surface area contributed by atoms with E-state index in [-0.39, 0.29) is 22.8 Å². The minimum atomic E-state index is -3.46. The minimum absolute atomic E-state index is 0.00388. The SMILES string of the molecule is Cc1ccc(S(C)(=O)=O)cc1C(=O)OCC(=O)NCc1ccc(F)cc1. The molecule has 0 atom stereocenters. The van der Waals surface area contributed by atoms with Crippen LogP contribution in [0.2, 0.25) is 0 Å². The number of carbonyl (C=O) groups is 2. The molecule has 8 heteroatoms. The zero-order valence-corrected chi connectivity index (χ0v) is 15.1. The standard InChI is InChI=1S/C18H18FNO5S/c1-12-3-8-15(26(2,23)24)9-16(12)18(22)25-11-17(21)20-10-13-4-6-14(19)7-5-13/h3-9H,10-11H2,1-2H3,(H,20,21). The van der Waals surface area contributed by atoms with E-state index in [4.69, 9.17) is 4.74 Å². The minimum Gasteiger partial charge on any atom is -0.452 e. The molecule has 26 heavy (non-hydrogen) atoms. The van der Waals surface area contributed by atoms with Crippen molar-refractivity contribution in [2.45, 2.75) is 18.4 Å². The van der Waals surface area contributed by atoms with E-state index in [1.807, 2.05) is 0 Å². The van der Waals surface area contributed by atoms with Gasteiger partial charge in [-0.1, -0.05) is 18.2 Å². The van der Waals surface area contributed by atoms with Gasteiger partial charge in [0.05, 0.1) is 10.5 Å². The highest BCUT2D eigenvalue weighted by molar-refractivity contribution is 7.90. The number of halogens is 1. The number of amides is 1. The van der Waals surface area contributed by atoms with Crippen molar-refractivity contribution in [3.63, 3.8) is 0 Å². The monoisotopic (exact) mass is 379 g/mol. The van der Waals surface area contributed by atoms with Crippen molar-refractivity contribution < 1.29 is 27.1 Å². The summed E-state index contributed by atoms with van der Waals surface area (Å²) in [5.41, 5.74) is 1.32. The van der Waals surface area contributed by atoms with Crippen LogP contribution in [0.4, 0.5) is 4.39 Å². The lowest BCUT2D eigenvalue weighted by molar-refractivity contribution is -0.124. The molecule has 2 rings (SSSR count). The fourth-order valence-electron chi connectivity index (χ4n) is 2.11. The summed E-state index contributed by atoms with van der Waals surface area (Å²) in [5.74, 6) is -1.69. The summed E-state index contributed by atoms with van der Waals surface area (Å²) >= 11 is 0. The van der Waals surface area contributed by atoms with E-state index < -0.39 is 28.3 Å². The molecule has 0 spiro atoms. The molecule has 0 bridgehead atoms. The van der Waals surface area contributed by atoms with Gasteiger partial charge in [-0.25, -0.2) is 17.6 Å². The number of sulfone groups is 1. The molecule has 0 aromatic heterocycles. The molecule has 6 nitrogen and oxygen atoms in total.